The smallest absolute Gasteiger partial charge is 0.122 e. The van der Waals surface area contributed by atoms with Crippen LogP contribution in [-0.2, 0) is 0 Å². The summed E-state index contributed by atoms with van der Waals surface area (Å²) in [5.74, 6) is 1.00. The van der Waals surface area contributed by atoms with Crippen LogP contribution in [0.15, 0.2) is 22.7 Å². The second kappa shape index (κ2) is 6.41. The van der Waals surface area contributed by atoms with E-state index >= 15 is 0 Å². The monoisotopic (exact) mass is 297 g/mol. The van der Waals surface area contributed by atoms with Crippen LogP contribution in [0.1, 0.15) is 31.2 Å². The molecule has 1 N–H and O–H groups in total. The van der Waals surface area contributed by atoms with Gasteiger partial charge in [-0.2, -0.15) is 0 Å². The lowest BCUT2D eigenvalue weighted by molar-refractivity contribution is 0.267. The third-order valence-electron chi connectivity index (χ3n) is 3.27. The van der Waals surface area contributed by atoms with Crippen molar-refractivity contribution in [2.24, 2.45) is 0 Å². The lowest BCUT2D eigenvalue weighted by atomic mass is 10.0. The molecule has 3 heteroatoms. The van der Waals surface area contributed by atoms with Gasteiger partial charge in [0.15, 0.2) is 0 Å². The van der Waals surface area contributed by atoms with Crippen molar-refractivity contribution in [3.8, 4) is 5.75 Å². The Kier molecular flexibility index (Phi) is 4.86. The van der Waals surface area contributed by atoms with Crippen LogP contribution < -0.4 is 10.1 Å². The Morgan fingerprint density at radius 3 is 3.00 bits per heavy atom. The molecule has 1 saturated heterocycles. The second-order valence-corrected chi connectivity index (χ2v) is 5.61. The van der Waals surface area contributed by atoms with Crippen LogP contribution in [0, 0.1) is 6.92 Å². The van der Waals surface area contributed by atoms with Gasteiger partial charge in [0.2, 0.25) is 0 Å². The van der Waals surface area contributed by atoms with E-state index in [4.69, 9.17) is 4.74 Å². The molecule has 1 aliphatic heterocycles. The molecule has 1 heterocycles. The zero-order chi connectivity index (χ0) is 12.1. The van der Waals surface area contributed by atoms with Gasteiger partial charge in [0, 0.05) is 10.5 Å². The zero-order valence-corrected chi connectivity index (χ0v) is 11.9. The van der Waals surface area contributed by atoms with Crippen molar-refractivity contribution < 1.29 is 4.74 Å². The number of hydrogen-bond donors (Lipinski definition) is 1. The number of aryl methyl sites for hydroxylation is 1. The summed E-state index contributed by atoms with van der Waals surface area (Å²) in [4.78, 5) is 0. The lowest BCUT2D eigenvalue weighted by Crippen LogP contribution is -2.35. The van der Waals surface area contributed by atoms with Crippen LogP contribution in [-0.4, -0.2) is 19.2 Å². The number of piperidine rings is 1. The Labute approximate surface area is 112 Å². The molecule has 0 aromatic heterocycles. The highest BCUT2D eigenvalue weighted by Gasteiger charge is 2.12. The van der Waals surface area contributed by atoms with Gasteiger partial charge in [-0.1, -0.05) is 22.4 Å². The Morgan fingerprint density at radius 2 is 2.29 bits per heavy atom. The molecule has 2 nitrogen and oxygen atoms in total. The lowest BCUT2D eigenvalue weighted by Gasteiger charge is -2.23. The Hall–Kier alpha value is -0.540. The summed E-state index contributed by atoms with van der Waals surface area (Å²) in [6.07, 6.45) is 5.08. The maximum absolute atomic E-state index is 5.83. The van der Waals surface area contributed by atoms with Gasteiger partial charge in [0.05, 0.1) is 6.61 Å². The molecular formula is C14H20BrNO. The first-order valence-corrected chi connectivity index (χ1v) is 7.17. The van der Waals surface area contributed by atoms with Crippen molar-refractivity contribution in [1.82, 2.24) is 5.32 Å². The molecule has 1 aromatic rings. The van der Waals surface area contributed by atoms with Gasteiger partial charge in [-0.25, -0.2) is 0 Å². The van der Waals surface area contributed by atoms with Gasteiger partial charge in [0.25, 0.3) is 0 Å². The third kappa shape index (κ3) is 4.00. The summed E-state index contributed by atoms with van der Waals surface area (Å²) in [5, 5.41) is 3.54. The molecule has 0 radical (unpaired) electrons. The molecule has 94 valence electrons. The average molecular weight is 298 g/mol. The van der Waals surface area contributed by atoms with Gasteiger partial charge >= 0.3 is 0 Å². The first kappa shape index (κ1) is 12.9. The van der Waals surface area contributed by atoms with E-state index < -0.39 is 0 Å². The summed E-state index contributed by atoms with van der Waals surface area (Å²) in [6, 6.07) is 6.81. The number of benzene rings is 1. The van der Waals surface area contributed by atoms with Crippen molar-refractivity contribution >= 4 is 15.9 Å². The maximum atomic E-state index is 5.83. The molecule has 0 saturated carbocycles. The largest absolute Gasteiger partial charge is 0.493 e. The predicted octanol–water partition coefficient (Wildman–Crippen LogP) is 3.67. The van der Waals surface area contributed by atoms with E-state index in [9.17, 15) is 0 Å². The van der Waals surface area contributed by atoms with Crippen LogP contribution in [0.4, 0.5) is 0 Å². The van der Waals surface area contributed by atoms with E-state index in [1.807, 2.05) is 12.1 Å². The van der Waals surface area contributed by atoms with Crippen LogP contribution in [0.3, 0.4) is 0 Å². The molecule has 1 aromatic carbocycles. The second-order valence-electron chi connectivity index (χ2n) is 4.69. The topological polar surface area (TPSA) is 21.3 Å². The zero-order valence-electron chi connectivity index (χ0n) is 10.3. The number of nitrogens with one attached hydrogen (secondary N) is 1. The highest BCUT2D eigenvalue weighted by molar-refractivity contribution is 9.10. The minimum absolute atomic E-state index is 0.652. The van der Waals surface area contributed by atoms with Gasteiger partial charge in [-0.15, -0.1) is 0 Å². The third-order valence-corrected chi connectivity index (χ3v) is 3.77. The van der Waals surface area contributed by atoms with Crippen molar-refractivity contribution in [2.75, 3.05) is 13.2 Å². The number of rotatable bonds is 4. The fourth-order valence-corrected chi connectivity index (χ4v) is 2.73. The highest BCUT2D eigenvalue weighted by Crippen LogP contribution is 2.22. The number of halogens is 1. The molecular weight excluding hydrogens is 278 g/mol. The van der Waals surface area contributed by atoms with E-state index in [1.54, 1.807) is 0 Å². The summed E-state index contributed by atoms with van der Waals surface area (Å²) in [7, 11) is 0. The fraction of sp³-hybridized carbons (Fsp3) is 0.571. The highest BCUT2D eigenvalue weighted by atomic mass is 79.9. The summed E-state index contributed by atoms with van der Waals surface area (Å²) in [5.41, 5.74) is 1.19. The number of ether oxygens (including phenoxy) is 1. The van der Waals surface area contributed by atoms with Crippen molar-refractivity contribution in [3.05, 3.63) is 28.2 Å². The molecule has 0 aliphatic carbocycles. The Balaban J connectivity index is 1.77. The van der Waals surface area contributed by atoms with Crippen LogP contribution in [0.25, 0.3) is 0 Å². The molecule has 0 amide bonds. The minimum atomic E-state index is 0.652. The summed E-state index contributed by atoms with van der Waals surface area (Å²) in [6.45, 7) is 4.06. The first-order valence-electron chi connectivity index (χ1n) is 6.38. The van der Waals surface area contributed by atoms with E-state index in [0.29, 0.717) is 6.04 Å². The fourth-order valence-electron chi connectivity index (χ4n) is 2.26. The van der Waals surface area contributed by atoms with E-state index in [2.05, 4.69) is 34.2 Å². The number of hydrogen-bond acceptors (Lipinski definition) is 2. The van der Waals surface area contributed by atoms with Gasteiger partial charge < -0.3 is 10.1 Å². The van der Waals surface area contributed by atoms with Gasteiger partial charge in [-0.3, -0.25) is 0 Å². The minimum Gasteiger partial charge on any atom is -0.493 e. The van der Waals surface area contributed by atoms with Crippen LogP contribution in [0.2, 0.25) is 0 Å². The molecule has 0 spiro atoms. The summed E-state index contributed by atoms with van der Waals surface area (Å²) < 4.78 is 6.94. The Bertz CT molecular complexity index is 361. The van der Waals surface area contributed by atoms with E-state index in [0.717, 1.165) is 23.2 Å². The molecule has 1 aliphatic rings. The molecule has 1 unspecified atom stereocenters. The molecule has 0 bridgehead atoms. The van der Waals surface area contributed by atoms with Crippen LogP contribution in [0.5, 0.6) is 5.75 Å². The van der Waals surface area contributed by atoms with E-state index in [1.165, 1.54) is 31.4 Å². The standard InChI is InChI=1S/C14H20BrNO/c1-11-10-12(15)5-6-14(11)17-9-7-13-4-2-3-8-16-13/h5-6,10,13,16H,2-4,7-9H2,1H3. The molecule has 2 rings (SSSR count). The van der Waals surface area contributed by atoms with Crippen molar-refractivity contribution in [3.63, 3.8) is 0 Å². The van der Waals surface area contributed by atoms with Crippen molar-refractivity contribution in [1.29, 1.82) is 0 Å². The molecule has 1 fully saturated rings. The Morgan fingerprint density at radius 1 is 1.41 bits per heavy atom. The first-order chi connectivity index (χ1) is 8.25. The normalized spacial score (nSPS) is 20.2. The SMILES string of the molecule is Cc1cc(Br)ccc1OCCC1CCCCN1. The molecule has 17 heavy (non-hydrogen) atoms. The average Bonchev–Trinajstić information content (AvgIpc) is 2.33. The quantitative estimate of drug-likeness (QED) is 0.916. The molecule has 1 atom stereocenters. The predicted molar refractivity (Wildman–Crippen MR) is 74.6 cm³/mol. The van der Waals surface area contributed by atoms with Gasteiger partial charge in [-0.05, 0) is 56.5 Å². The van der Waals surface area contributed by atoms with Gasteiger partial charge in [0.1, 0.15) is 5.75 Å². The maximum Gasteiger partial charge on any atom is 0.122 e. The van der Waals surface area contributed by atoms with Crippen molar-refractivity contribution in [2.45, 2.75) is 38.6 Å². The summed E-state index contributed by atoms with van der Waals surface area (Å²) >= 11 is 3.46. The van der Waals surface area contributed by atoms with E-state index in [-0.39, 0.29) is 0 Å². The van der Waals surface area contributed by atoms with Crippen LogP contribution >= 0.6 is 15.9 Å².